The van der Waals surface area contributed by atoms with Gasteiger partial charge in [0.05, 0.1) is 0 Å². The van der Waals surface area contributed by atoms with E-state index in [-0.39, 0.29) is 6.04 Å². The Kier molecular flexibility index (Phi) is 3.87. The van der Waals surface area contributed by atoms with Crippen molar-refractivity contribution in [1.82, 2.24) is 9.62 Å². The van der Waals surface area contributed by atoms with Crippen molar-refractivity contribution in [3.8, 4) is 0 Å². The van der Waals surface area contributed by atoms with E-state index in [1.807, 2.05) is 19.9 Å². The van der Waals surface area contributed by atoms with Crippen molar-refractivity contribution in [3.05, 3.63) is 17.0 Å². The Morgan fingerprint density at radius 1 is 1.53 bits per heavy atom. The first-order valence-corrected chi connectivity index (χ1v) is 8.12. The molecule has 1 atom stereocenters. The zero-order valence-corrected chi connectivity index (χ0v) is 11.8. The Balaban J connectivity index is 2.23. The molecular weight excluding hydrogens is 256 g/mol. The maximum atomic E-state index is 12.4. The van der Waals surface area contributed by atoms with Gasteiger partial charge in [0.25, 0.3) is 10.0 Å². The first-order valence-electron chi connectivity index (χ1n) is 5.86. The molecule has 1 aromatic rings. The van der Waals surface area contributed by atoms with Crippen molar-refractivity contribution >= 4 is 21.4 Å². The summed E-state index contributed by atoms with van der Waals surface area (Å²) in [6.07, 6.45) is 0.887. The van der Waals surface area contributed by atoms with Crippen LogP contribution in [-0.4, -0.2) is 38.4 Å². The van der Waals surface area contributed by atoms with Crippen LogP contribution in [0.3, 0.4) is 0 Å². The quantitative estimate of drug-likeness (QED) is 0.903. The first kappa shape index (κ1) is 13.0. The minimum atomic E-state index is -3.27. The van der Waals surface area contributed by atoms with E-state index < -0.39 is 10.0 Å². The topological polar surface area (TPSA) is 49.4 Å². The molecule has 1 aliphatic heterocycles. The lowest BCUT2D eigenvalue weighted by Crippen LogP contribution is -2.51. The van der Waals surface area contributed by atoms with Crippen LogP contribution in [0.2, 0.25) is 0 Å². The number of rotatable bonds is 3. The summed E-state index contributed by atoms with van der Waals surface area (Å²) in [6.45, 7) is 5.89. The lowest BCUT2D eigenvalue weighted by Gasteiger charge is -2.30. The molecular formula is C11H18N2O2S2. The normalized spacial score (nSPS) is 22.8. The van der Waals surface area contributed by atoms with Gasteiger partial charge in [0.2, 0.25) is 0 Å². The average molecular weight is 274 g/mol. The van der Waals surface area contributed by atoms with E-state index in [9.17, 15) is 8.42 Å². The van der Waals surface area contributed by atoms with Gasteiger partial charge in [-0.25, -0.2) is 8.42 Å². The minimum absolute atomic E-state index is 0.226. The number of hydrogen-bond donors (Lipinski definition) is 1. The lowest BCUT2D eigenvalue weighted by molar-refractivity contribution is 0.311. The molecule has 1 saturated heterocycles. The standard InChI is InChI=1S/C11H18N2O2S2/c1-3-10-4-5-11(16-10)17(14,15)13-7-6-12-9(2)8-13/h4-5,9,12H,3,6-8H2,1-2H3/t9-/m1/s1. The second-order valence-corrected chi connectivity index (χ2v) is 7.63. The smallest absolute Gasteiger partial charge is 0.252 e. The van der Waals surface area contributed by atoms with E-state index >= 15 is 0 Å². The fraction of sp³-hybridized carbons (Fsp3) is 0.636. The number of piperazine rings is 1. The van der Waals surface area contributed by atoms with Gasteiger partial charge >= 0.3 is 0 Å². The number of sulfonamides is 1. The average Bonchev–Trinajstić information content (AvgIpc) is 2.78. The van der Waals surface area contributed by atoms with Gasteiger partial charge in [-0.15, -0.1) is 11.3 Å². The van der Waals surface area contributed by atoms with Crippen LogP contribution in [0.15, 0.2) is 16.3 Å². The monoisotopic (exact) mass is 274 g/mol. The fourth-order valence-electron chi connectivity index (χ4n) is 1.93. The largest absolute Gasteiger partial charge is 0.312 e. The summed E-state index contributed by atoms with van der Waals surface area (Å²) in [5.74, 6) is 0. The molecule has 0 amide bonds. The van der Waals surface area contributed by atoms with Gasteiger partial charge in [-0.05, 0) is 25.5 Å². The van der Waals surface area contributed by atoms with Crippen LogP contribution in [-0.2, 0) is 16.4 Å². The summed E-state index contributed by atoms with van der Waals surface area (Å²) in [7, 11) is -3.27. The molecule has 0 aromatic carbocycles. The Hall–Kier alpha value is -0.430. The highest BCUT2D eigenvalue weighted by molar-refractivity contribution is 7.91. The molecule has 0 spiro atoms. The van der Waals surface area contributed by atoms with Crippen LogP contribution in [0.5, 0.6) is 0 Å². The molecule has 0 radical (unpaired) electrons. The fourth-order valence-corrected chi connectivity index (χ4v) is 4.91. The number of aryl methyl sites for hydroxylation is 1. The van der Waals surface area contributed by atoms with Crippen molar-refractivity contribution in [1.29, 1.82) is 0 Å². The van der Waals surface area contributed by atoms with Gasteiger partial charge in [-0.2, -0.15) is 4.31 Å². The second-order valence-electron chi connectivity index (χ2n) is 4.29. The molecule has 0 saturated carbocycles. The minimum Gasteiger partial charge on any atom is -0.312 e. The summed E-state index contributed by atoms with van der Waals surface area (Å²) in [5, 5.41) is 3.25. The molecule has 96 valence electrons. The summed E-state index contributed by atoms with van der Waals surface area (Å²) in [5.41, 5.74) is 0. The Morgan fingerprint density at radius 2 is 2.29 bits per heavy atom. The molecule has 1 aliphatic rings. The third kappa shape index (κ3) is 2.70. The van der Waals surface area contributed by atoms with E-state index in [2.05, 4.69) is 5.32 Å². The maximum absolute atomic E-state index is 12.4. The first-order chi connectivity index (χ1) is 8.04. The van der Waals surface area contributed by atoms with E-state index in [4.69, 9.17) is 0 Å². The van der Waals surface area contributed by atoms with Gasteiger partial charge in [-0.1, -0.05) is 6.92 Å². The van der Waals surface area contributed by atoms with Crippen LogP contribution < -0.4 is 5.32 Å². The highest BCUT2D eigenvalue weighted by Gasteiger charge is 2.29. The zero-order chi connectivity index (χ0) is 12.5. The van der Waals surface area contributed by atoms with Crippen molar-refractivity contribution in [2.24, 2.45) is 0 Å². The highest BCUT2D eigenvalue weighted by Crippen LogP contribution is 2.25. The van der Waals surface area contributed by atoms with E-state index in [1.165, 1.54) is 11.3 Å². The van der Waals surface area contributed by atoms with E-state index in [0.29, 0.717) is 17.3 Å². The molecule has 1 N–H and O–H groups in total. The lowest BCUT2D eigenvalue weighted by atomic mass is 10.3. The molecule has 2 heterocycles. The van der Waals surface area contributed by atoms with Crippen molar-refractivity contribution < 1.29 is 8.42 Å². The van der Waals surface area contributed by atoms with Gasteiger partial charge in [0.15, 0.2) is 0 Å². The molecule has 0 aliphatic carbocycles. The number of nitrogens with one attached hydrogen (secondary N) is 1. The van der Waals surface area contributed by atoms with Crippen LogP contribution in [0.1, 0.15) is 18.7 Å². The number of thiophene rings is 1. The maximum Gasteiger partial charge on any atom is 0.252 e. The molecule has 17 heavy (non-hydrogen) atoms. The molecule has 0 unspecified atom stereocenters. The van der Waals surface area contributed by atoms with Crippen LogP contribution >= 0.6 is 11.3 Å². The van der Waals surface area contributed by atoms with E-state index in [0.717, 1.165) is 17.8 Å². The third-order valence-corrected chi connectivity index (χ3v) is 6.47. The highest BCUT2D eigenvalue weighted by atomic mass is 32.2. The molecule has 1 aromatic heterocycles. The molecule has 0 bridgehead atoms. The van der Waals surface area contributed by atoms with Gasteiger partial charge in [0, 0.05) is 30.6 Å². The zero-order valence-electron chi connectivity index (χ0n) is 10.1. The molecule has 4 nitrogen and oxygen atoms in total. The van der Waals surface area contributed by atoms with Crippen LogP contribution in [0.25, 0.3) is 0 Å². The Labute approximate surface area is 107 Å². The number of nitrogens with zero attached hydrogens (tertiary/aromatic N) is 1. The molecule has 2 rings (SSSR count). The SMILES string of the molecule is CCc1ccc(S(=O)(=O)N2CCN[C@H](C)C2)s1. The predicted octanol–water partition coefficient (Wildman–Crippen LogP) is 1.29. The van der Waals surface area contributed by atoms with Crippen LogP contribution in [0, 0.1) is 0 Å². The van der Waals surface area contributed by atoms with Gasteiger partial charge < -0.3 is 5.32 Å². The summed E-state index contributed by atoms with van der Waals surface area (Å²) in [4.78, 5) is 1.12. The van der Waals surface area contributed by atoms with Crippen molar-refractivity contribution in [2.45, 2.75) is 30.5 Å². The Bertz CT molecular complexity index is 481. The van der Waals surface area contributed by atoms with Gasteiger partial charge in [-0.3, -0.25) is 0 Å². The molecule has 6 heteroatoms. The van der Waals surface area contributed by atoms with E-state index in [1.54, 1.807) is 10.4 Å². The second kappa shape index (κ2) is 5.06. The summed E-state index contributed by atoms with van der Waals surface area (Å²) >= 11 is 1.38. The third-order valence-electron chi connectivity index (χ3n) is 2.91. The summed E-state index contributed by atoms with van der Waals surface area (Å²) < 4.78 is 26.8. The molecule has 1 fully saturated rings. The van der Waals surface area contributed by atoms with Crippen molar-refractivity contribution in [2.75, 3.05) is 19.6 Å². The van der Waals surface area contributed by atoms with Crippen molar-refractivity contribution in [3.63, 3.8) is 0 Å². The van der Waals surface area contributed by atoms with Gasteiger partial charge in [0.1, 0.15) is 4.21 Å². The number of hydrogen-bond acceptors (Lipinski definition) is 4. The Morgan fingerprint density at radius 3 is 2.88 bits per heavy atom. The predicted molar refractivity (Wildman–Crippen MR) is 69.9 cm³/mol. The van der Waals surface area contributed by atoms with Crippen LogP contribution in [0.4, 0.5) is 0 Å². The summed E-state index contributed by atoms with van der Waals surface area (Å²) in [6, 6.07) is 3.86.